The van der Waals surface area contributed by atoms with E-state index >= 15 is 0 Å². The van der Waals surface area contributed by atoms with Crippen LogP contribution in [0.3, 0.4) is 0 Å². The van der Waals surface area contributed by atoms with Crippen molar-refractivity contribution in [1.82, 2.24) is 5.32 Å². The Morgan fingerprint density at radius 3 is 1.53 bits per heavy atom. The first-order valence-corrected chi connectivity index (χ1v) is 14.5. The second-order valence-electron chi connectivity index (χ2n) is 11.1. The number of carbonyl (C=O) groups excluding carboxylic acids is 2. The van der Waals surface area contributed by atoms with Crippen molar-refractivity contribution in [2.75, 3.05) is 5.32 Å². The quantitative estimate of drug-likeness (QED) is 0.162. The largest absolute Gasteiger partial charge is 0.478 e. The first-order chi connectivity index (χ1) is 20.3. The highest BCUT2D eigenvalue weighted by Gasteiger charge is 2.29. The SMILES string of the molecule is CCC(C)(CC)NC(=O)c1cc(C(=O)Nc2ccc(Oc3ccc(C(C)(CC)CC)cc3)cc2)c(C(=O)O)cc1C(=O)O. The van der Waals surface area contributed by atoms with Gasteiger partial charge in [0.05, 0.1) is 22.3 Å². The molecule has 228 valence electrons. The van der Waals surface area contributed by atoms with Gasteiger partial charge in [0.15, 0.2) is 0 Å². The zero-order valence-electron chi connectivity index (χ0n) is 25.5. The summed E-state index contributed by atoms with van der Waals surface area (Å²) >= 11 is 0. The van der Waals surface area contributed by atoms with E-state index in [1.165, 1.54) is 5.56 Å². The third-order valence-electron chi connectivity index (χ3n) is 8.54. The highest BCUT2D eigenvalue weighted by molar-refractivity contribution is 6.15. The van der Waals surface area contributed by atoms with E-state index in [1.807, 2.05) is 32.9 Å². The number of hydrogen-bond acceptors (Lipinski definition) is 5. The van der Waals surface area contributed by atoms with Crippen LogP contribution in [0.2, 0.25) is 0 Å². The van der Waals surface area contributed by atoms with Gasteiger partial charge >= 0.3 is 11.9 Å². The lowest BCUT2D eigenvalue weighted by molar-refractivity contribution is 0.0686. The second kappa shape index (κ2) is 13.5. The molecule has 3 rings (SSSR count). The number of carbonyl (C=O) groups is 4. The fourth-order valence-corrected chi connectivity index (χ4v) is 4.62. The first kappa shape index (κ1) is 32.8. The highest BCUT2D eigenvalue weighted by Crippen LogP contribution is 2.33. The molecule has 0 fully saturated rings. The number of ether oxygens (including phenoxy) is 1. The van der Waals surface area contributed by atoms with Crippen molar-refractivity contribution in [3.63, 3.8) is 0 Å². The molecule has 0 saturated carbocycles. The molecule has 0 radical (unpaired) electrons. The van der Waals surface area contributed by atoms with Crippen LogP contribution < -0.4 is 15.4 Å². The Kier molecular flexibility index (Phi) is 10.3. The van der Waals surface area contributed by atoms with E-state index in [0.717, 1.165) is 25.0 Å². The maximum atomic E-state index is 13.2. The molecule has 43 heavy (non-hydrogen) atoms. The van der Waals surface area contributed by atoms with Crippen molar-refractivity contribution in [2.45, 2.75) is 78.2 Å². The van der Waals surface area contributed by atoms with Gasteiger partial charge in [0.1, 0.15) is 11.5 Å². The summed E-state index contributed by atoms with van der Waals surface area (Å²) in [5.74, 6) is -3.31. The molecular weight excluding hydrogens is 548 g/mol. The predicted octanol–water partition coefficient (Wildman–Crippen LogP) is 7.51. The van der Waals surface area contributed by atoms with E-state index in [4.69, 9.17) is 4.74 Å². The van der Waals surface area contributed by atoms with Gasteiger partial charge in [-0.2, -0.15) is 0 Å². The molecule has 3 aromatic carbocycles. The average Bonchev–Trinajstić information content (AvgIpc) is 3.01. The van der Waals surface area contributed by atoms with Gasteiger partial charge in [-0.05, 0) is 92.1 Å². The maximum Gasteiger partial charge on any atom is 0.336 e. The molecule has 0 aliphatic rings. The van der Waals surface area contributed by atoms with Gasteiger partial charge in [0, 0.05) is 11.2 Å². The predicted molar refractivity (Wildman–Crippen MR) is 166 cm³/mol. The van der Waals surface area contributed by atoms with Crippen LogP contribution >= 0.6 is 0 Å². The number of rotatable bonds is 13. The number of carboxylic acids is 2. The molecule has 0 heterocycles. The summed E-state index contributed by atoms with van der Waals surface area (Å²) in [6, 6.07) is 16.3. The van der Waals surface area contributed by atoms with Gasteiger partial charge < -0.3 is 25.6 Å². The smallest absolute Gasteiger partial charge is 0.336 e. The van der Waals surface area contributed by atoms with E-state index in [-0.39, 0.29) is 16.5 Å². The Labute approximate surface area is 252 Å². The van der Waals surface area contributed by atoms with Gasteiger partial charge in [-0.15, -0.1) is 0 Å². The van der Waals surface area contributed by atoms with E-state index in [1.54, 1.807) is 24.3 Å². The molecule has 0 spiro atoms. The Balaban J connectivity index is 1.85. The number of nitrogens with one attached hydrogen (secondary N) is 2. The Hall–Kier alpha value is -4.66. The van der Waals surface area contributed by atoms with Crippen molar-refractivity contribution >= 4 is 29.4 Å². The summed E-state index contributed by atoms with van der Waals surface area (Å²) in [6.07, 6.45) is 3.22. The number of hydrogen-bond donors (Lipinski definition) is 4. The number of aromatic carboxylic acids is 2. The third-order valence-corrected chi connectivity index (χ3v) is 8.54. The molecule has 9 heteroatoms. The molecule has 4 N–H and O–H groups in total. The fraction of sp³-hybridized carbons (Fsp3) is 0.353. The Bertz CT molecular complexity index is 1490. The molecule has 9 nitrogen and oxygen atoms in total. The molecule has 0 atom stereocenters. The van der Waals surface area contributed by atoms with Gasteiger partial charge in [-0.25, -0.2) is 9.59 Å². The zero-order chi connectivity index (χ0) is 31.9. The average molecular weight is 589 g/mol. The van der Waals surface area contributed by atoms with Crippen LogP contribution in [0.1, 0.15) is 114 Å². The van der Waals surface area contributed by atoms with Crippen molar-refractivity contribution in [2.24, 2.45) is 0 Å². The van der Waals surface area contributed by atoms with Crippen LogP contribution in [0.5, 0.6) is 11.5 Å². The molecule has 0 saturated heterocycles. The van der Waals surface area contributed by atoms with Crippen LogP contribution in [-0.4, -0.2) is 39.5 Å². The van der Waals surface area contributed by atoms with E-state index in [0.29, 0.717) is 30.0 Å². The molecule has 2 amide bonds. The lowest BCUT2D eigenvalue weighted by Gasteiger charge is -2.28. The van der Waals surface area contributed by atoms with Gasteiger partial charge in [-0.1, -0.05) is 46.8 Å². The lowest BCUT2D eigenvalue weighted by Crippen LogP contribution is -2.45. The standard InChI is InChI=1S/C34H40N2O7/c1-7-33(5,8-2)21-11-15-23(16-12-21)43-24-17-13-22(14-18-24)35-29(37)25-19-26(30(38)36-34(6,9-3)10-4)28(32(41)42)20-27(25)31(39)40/h11-20H,7-10H2,1-6H3,(H,35,37)(H,36,38)(H,39,40)(H,41,42). The molecule has 3 aromatic rings. The summed E-state index contributed by atoms with van der Waals surface area (Å²) in [7, 11) is 0. The van der Waals surface area contributed by atoms with Gasteiger partial charge in [0.25, 0.3) is 11.8 Å². The van der Waals surface area contributed by atoms with Crippen LogP contribution in [0.15, 0.2) is 60.7 Å². The summed E-state index contributed by atoms with van der Waals surface area (Å²) in [4.78, 5) is 50.3. The topological polar surface area (TPSA) is 142 Å². The molecule has 0 bridgehead atoms. The number of benzene rings is 3. The fourth-order valence-electron chi connectivity index (χ4n) is 4.62. The van der Waals surface area contributed by atoms with Crippen LogP contribution in [0.25, 0.3) is 0 Å². The highest BCUT2D eigenvalue weighted by atomic mass is 16.5. The van der Waals surface area contributed by atoms with Crippen molar-refractivity contribution in [1.29, 1.82) is 0 Å². The molecule has 0 aliphatic carbocycles. The number of carboxylic acid groups (broad SMARTS) is 2. The van der Waals surface area contributed by atoms with E-state index < -0.39 is 40.4 Å². The summed E-state index contributed by atoms with van der Waals surface area (Å²) in [6.45, 7) is 12.2. The zero-order valence-corrected chi connectivity index (χ0v) is 25.5. The number of anilines is 1. The van der Waals surface area contributed by atoms with Gasteiger partial charge in [0.2, 0.25) is 0 Å². The van der Waals surface area contributed by atoms with Crippen LogP contribution in [0, 0.1) is 0 Å². The van der Waals surface area contributed by atoms with Crippen LogP contribution in [-0.2, 0) is 5.41 Å². The first-order valence-electron chi connectivity index (χ1n) is 14.5. The van der Waals surface area contributed by atoms with E-state index in [9.17, 15) is 29.4 Å². The van der Waals surface area contributed by atoms with Crippen LogP contribution in [0.4, 0.5) is 5.69 Å². The molecule has 0 aromatic heterocycles. The molecule has 0 unspecified atom stereocenters. The molecule has 0 aliphatic heterocycles. The number of amides is 2. The normalized spacial score (nSPS) is 11.5. The maximum absolute atomic E-state index is 13.2. The Morgan fingerprint density at radius 2 is 1.09 bits per heavy atom. The minimum atomic E-state index is -1.50. The Morgan fingerprint density at radius 1 is 0.651 bits per heavy atom. The van der Waals surface area contributed by atoms with E-state index in [2.05, 4.69) is 43.5 Å². The summed E-state index contributed by atoms with van der Waals surface area (Å²) < 4.78 is 5.95. The minimum Gasteiger partial charge on any atom is -0.478 e. The monoisotopic (exact) mass is 588 g/mol. The second-order valence-corrected chi connectivity index (χ2v) is 11.1. The lowest BCUT2D eigenvalue weighted by atomic mass is 9.78. The van der Waals surface area contributed by atoms with Gasteiger partial charge in [-0.3, -0.25) is 9.59 Å². The minimum absolute atomic E-state index is 0.100. The van der Waals surface area contributed by atoms with Crippen molar-refractivity contribution in [3.05, 3.63) is 88.5 Å². The summed E-state index contributed by atoms with van der Waals surface area (Å²) in [5.41, 5.74) is -0.613. The summed E-state index contributed by atoms with van der Waals surface area (Å²) in [5, 5.41) is 24.9. The van der Waals surface area contributed by atoms with Crippen molar-refractivity contribution in [3.8, 4) is 11.5 Å². The van der Waals surface area contributed by atoms with Crippen molar-refractivity contribution < 1.29 is 34.1 Å². The molecular formula is C34H40N2O7. The third kappa shape index (κ3) is 7.60.